The van der Waals surface area contributed by atoms with Crippen LogP contribution in [0.1, 0.15) is 10.4 Å². The number of nitrogens with two attached hydrogens (primary N) is 1. The summed E-state index contributed by atoms with van der Waals surface area (Å²) in [7, 11) is 0. The van der Waals surface area contributed by atoms with E-state index in [4.69, 9.17) is 22.6 Å². The van der Waals surface area contributed by atoms with Gasteiger partial charge in [0.05, 0.1) is 10.6 Å². The number of anilines is 1. The number of hydrogen-bond acceptors (Lipinski definition) is 4. The monoisotopic (exact) mass is 210 g/mol. The third-order valence-electron chi connectivity index (χ3n) is 1.48. The Kier molecular flexibility index (Phi) is 3.32. The Morgan fingerprint density at radius 1 is 1.64 bits per heavy atom. The molecule has 0 atom stereocenters. The van der Waals surface area contributed by atoms with E-state index in [0.717, 1.165) is 0 Å². The van der Waals surface area contributed by atoms with Crippen molar-refractivity contribution in [2.24, 2.45) is 0 Å². The largest absolute Gasteiger partial charge is 0.447 e. The van der Waals surface area contributed by atoms with Crippen molar-refractivity contribution in [1.82, 2.24) is 0 Å². The van der Waals surface area contributed by atoms with Gasteiger partial charge in [0.15, 0.2) is 6.61 Å². The molecule has 0 saturated heterocycles. The second-order valence-electron chi connectivity index (χ2n) is 2.47. The SMILES string of the molecule is N#CCOC(=O)c1ccc(N)cc1Cl. The van der Waals surface area contributed by atoms with Gasteiger partial charge in [0, 0.05) is 5.69 Å². The van der Waals surface area contributed by atoms with Crippen LogP contribution in [0.3, 0.4) is 0 Å². The highest BCUT2D eigenvalue weighted by Crippen LogP contribution is 2.19. The Hall–Kier alpha value is -1.73. The quantitative estimate of drug-likeness (QED) is 0.594. The fourth-order valence-electron chi connectivity index (χ4n) is 0.872. The molecule has 0 unspecified atom stereocenters. The molecule has 0 aliphatic carbocycles. The molecule has 0 aliphatic rings. The van der Waals surface area contributed by atoms with Crippen LogP contribution in [0.4, 0.5) is 5.69 Å². The summed E-state index contributed by atoms with van der Waals surface area (Å²) in [4.78, 5) is 11.2. The Morgan fingerprint density at radius 2 is 2.36 bits per heavy atom. The fourth-order valence-corrected chi connectivity index (χ4v) is 1.14. The Morgan fingerprint density at radius 3 is 2.93 bits per heavy atom. The zero-order valence-electron chi connectivity index (χ0n) is 7.16. The normalized spacial score (nSPS) is 9.14. The van der Waals surface area contributed by atoms with Gasteiger partial charge in [-0.2, -0.15) is 5.26 Å². The number of halogens is 1. The summed E-state index contributed by atoms with van der Waals surface area (Å²) in [5.41, 5.74) is 6.11. The van der Waals surface area contributed by atoms with Gasteiger partial charge in [-0.1, -0.05) is 11.6 Å². The first-order valence-electron chi connectivity index (χ1n) is 3.74. The minimum Gasteiger partial charge on any atom is -0.447 e. The average molecular weight is 211 g/mol. The highest BCUT2D eigenvalue weighted by atomic mass is 35.5. The van der Waals surface area contributed by atoms with Gasteiger partial charge in [0.25, 0.3) is 0 Å². The number of benzene rings is 1. The van der Waals surface area contributed by atoms with Gasteiger partial charge in [-0.3, -0.25) is 0 Å². The van der Waals surface area contributed by atoms with E-state index >= 15 is 0 Å². The lowest BCUT2D eigenvalue weighted by atomic mass is 10.2. The first kappa shape index (κ1) is 10.4. The van der Waals surface area contributed by atoms with Crippen LogP contribution < -0.4 is 5.73 Å². The van der Waals surface area contributed by atoms with Crippen molar-refractivity contribution < 1.29 is 9.53 Å². The maximum Gasteiger partial charge on any atom is 0.340 e. The van der Waals surface area contributed by atoms with E-state index in [1.165, 1.54) is 18.2 Å². The van der Waals surface area contributed by atoms with E-state index < -0.39 is 5.97 Å². The van der Waals surface area contributed by atoms with Gasteiger partial charge in [0.1, 0.15) is 6.07 Å². The van der Waals surface area contributed by atoms with Crippen LogP contribution in [0.5, 0.6) is 0 Å². The van der Waals surface area contributed by atoms with Gasteiger partial charge in [0.2, 0.25) is 0 Å². The molecule has 0 aromatic heterocycles. The minimum absolute atomic E-state index is 0.205. The van der Waals surface area contributed by atoms with Gasteiger partial charge in [-0.05, 0) is 18.2 Å². The van der Waals surface area contributed by atoms with E-state index in [-0.39, 0.29) is 17.2 Å². The number of rotatable bonds is 2. The standard InChI is InChI=1S/C9H7ClN2O2/c10-8-5-6(12)1-2-7(8)9(13)14-4-3-11/h1-2,5H,4,12H2. The van der Waals surface area contributed by atoms with Crippen LogP contribution in [-0.4, -0.2) is 12.6 Å². The molecule has 0 aliphatic heterocycles. The van der Waals surface area contributed by atoms with Crippen LogP contribution in [0.25, 0.3) is 0 Å². The molecule has 0 heterocycles. The zero-order chi connectivity index (χ0) is 10.6. The molecule has 0 radical (unpaired) electrons. The smallest absolute Gasteiger partial charge is 0.340 e. The van der Waals surface area contributed by atoms with Crippen LogP contribution in [0, 0.1) is 11.3 Å². The van der Waals surface area contributed by atoms with Gasteiger partial charge in [-0.15, -0.1) is 0 Å². The molecule has 1 rings (SSSR count). The Labute approximate surface area is 85.8 Å². The second-order valence-corrected chi connectivity index (χ2v) is 2.88. The van der Waals surface area contributed by atoms with E-state index in [2.05, 4.69) is 4.74 Å². The van der Waals surface area contributed by atoms with Crippen LogP contribution >= 0.6 is 11.6 Å². The predicted molar refractivity (Wildman–Crippen MR) is 51.8 cm³/mol. The molecule has 0 amide bonds. The third-order valence-corrected chi connectivity index (χ3v) is 1.79. The molecular weight excluding hydrogens is 204 g/mol. The van der Waals surface area contributed by atoms with Crippen molar-refractivity contribution in [3.05, 3.63) is 28.8 Å². The molecule has 4 nitrogen and oxygen atoms in total. The van der Waals surface area contributed by atoms with Crippen molar-refractivity contribution in [2.45, 2.75) is 0 Å². The number of esters is 1. The third kappa shape index (κ3) is 2.38. The second kappa shape index (κ2) is 4.49. The number of nitrogens with zero attached hydrogens (tertiary/aromatic N) is 1. The predicted octanol–water partition coefficient (Wildman–Crippen LogP) is 1.60. The zero-order valence-corrected chi connectivity index (χ0v) is 7.91. The van der Waals surface area contributed by atoms with E-state index in [9.17, 15) is 4.79 Å². The van der Waals surface area contributed by atoms with E-state index in [1.54, 1.807) is 6.07 Å². The molecular formula is C9H7ClN2O2. The van der Waals surface area contributed by atoms with Gasteiger partial charge in [-0.25, -0.2) is 4.79 Å². The van der Waals surface area contributed by atoms with Crippen molar-refractivity contribution in [3.8, 4) is 6.07 Å². The summed E-state index contributed by atoms with van der Waals surface area (Å²) < 4.78 is 4.57. The lowest BCUT2D eigenvalue weighted by molar-refractivity contribution is 0.0555. The highest BCUT2D eigenvalue weighted by Gasteiger charge is 2.11. The lowest BCUT2D eigenvalue weighted by Gasteiger charge is -2.03. The number of ether oxygens (including phenoxy) is 1. The molecule has 0 bridgehead atoms. The summed E-state index contributed by atoms with van der Waals surface area (Å²) in [6.45, 7) is -0.292. The number of nitrogen functional groups attached to an aromatic ring is 1. The maximum atomic E-state index is 11.2. The molecule has 14 heavy (non-hydrogen) atoms. The van der Waals surface area contributed by atoms with Crippen molar-refractivity contribution >= 4 is 23.3 Å². The first-order chi connectivity index (χ1) is 6.65. The fraction of sp³-hybridized carbons (Fsp3) is 0.111. The van der Waals surface area contributed by atoms with Crippen molar-refractivity contribution in [2.75, 3.05) is 12.3 Å². The summed E-state index contributed by atoms with van der Waals surface area (Å²) >= 11 is 5.74. The van der Waals surface area contributed by atoms with Gasteiger partial charge >= 0.3 is 5.97 Å². The Bertz CT molecular complexity index is 398. The summed E-state index contributed by atoms with van der Waals surface area (Å²) in [5, 5.41) is 8.41. The van der Waals surface area contributed by atoms with Gasteiger partial charge < -0.3 is 10.5 Å². The molecule has 5 heteroatoms. The highest BCUT2D eigenvalue weighted by molar-refractivity contribution is 6.33. The number of carbonyl (C=O) groups excluding carboxylic acids is 1. The molecule has 0 fully saturated rings. The van der Waals surface area contributed by atoms with Crippen LogP contribution in [-0.2, 0) is 4.74 Å². The summed E-state index contributed by atoms with van der Waals surface area (Å²) in [6.07, 6.45) is 0. The molecule has 1 aromatic rings. The average Bonchev–Trinajstić information content (AvgIpc) is 2.14. The lowest BCUT2D eigenvalue weighted by Crippen LogP contribution is -2.06. The van der Waals surface area contributed by atoms with Crippen LogP contribution in [0.2, 0.25) is 5.02 Å². The Balaban J connectivity index is 2.86. The topological polar surface area (TPSA) is 76.1 Å². The summed E-state index contributed by atoms with van der Waals surface area (Å²) in [6, 6.07) is 6.13. The molecule has 1 aromatic carbocycles. The minimum atomic E-state index is -0.628. The number of carbonyl (C=O) groups is 1. The molecule has 0 saturated carbocycles. The van der Waals surface area contributed by atoms with Crippen molar-refractivity contribution in [1.29, 1.82) is 5.26 Å². The van der Waals surface area contributed by atoms with Crippen LogP contribution in [0.15, 0.2) is 18.2 Å². The molecule has 72 valence electrons. The number of hydrogen-bond donors (Lipinski definition) is 1. The maximum absolute atomic E-state index is 11.2. The summed E-state index contributed by atoms with van der Waals surface area (Å²) in [5.74, 6) is -0.628. The van der Waals surface area contributed by atoms with Crippen molar-refractivity contribution in [3.63, 3.8) is 0 Å². The molecule has 0 spiro atoms. The van der Waals surface area contributed by atoms with E-state index in [0.29, 0.717) is 5.69 Å². The molecule has 2 N–H and O–H groups in total. The van der Waals surface area contributed by atoms with E-state index in [1.807, 2.05) is 0 Å². The number of nitriles is 1. The first-order valence-corrected chi connectivity index (χ1v) is 4.12.